The van der Waals surface area contributed by atoms with Crippen LogP contribution in [-0.4, -0.2) is 22.2 Å². The molecular weight excluding hydrogens is 352 g/mol. The van der Waals surface area contributed by atoms with Gasteiger partial charge in [-0.1, -0.05) is 45.9 Å². The van der Waals surface area contributed by atoms with Crippen LogP contribution < -0.4 is 0 Å². The first-order valence-electron chi connectivity index (χ1n) is 5.59. The zero-order valence-electron chi connectivity index (χ0n) is 10.5. The third-order valence-electron chi connectivity index (χ3n) is 2.46. The second-order valence-corrected chi connectivity index (χ2v) is 5.98. The topological polar surface area (TPSA) is 74.6 Å². The van der Waals surface area contributed by atoms with Crippen molar-refractivity contribution in [3.05, 3.63) is 59.7 Å². The Labute approximate surface area is 139 Å². The Bertz CT molecular complexity index is 603. The van der Waals surface area contributed by atoms with Gasteiger partial charge in [0.15, 0.2) is 0 Å². The summed E-state index contributed by atoms with van der Waals surface area (Å²) >= 11 is 0. The molecule has 7 heteroatoms. The predicted octanol–water partition coefficient (Wildman–Crippen LogP) is 3.88. The van der Waals surface area contributed by atoms with Gasteiger partial charge in [-0.25, -0.2) is 9.59 Å². The molecule has 0 bridgehead atoms. The summed E-state index contributed by atoms with van der Waals surface area (Å²) in [7, 11) is 2.47. The minimum atomic E-state index is -1.000. The molecule has 0 heterocycles. The number of carboxylic acid groups (broad SMARTS) is 2. The maximum atomic E-state index is 11.1. The third kappa shape index (κ3) is 4.54. The van der Waals surface area contributed by atoms with Crippen LogP contribution in [0.15, 0.2) is 58.3 Å². The van der Waals surface area contributed by atoms with E-state index in [2.05, 4.69) is 0 Å². The van der Waals surface area contributed by atoms with Gasteiger partial charge in [0.25, 0.3) is 0 Å². The summed E-state index contributed by atoms with van der Waals surface area (Å²) in [5.41, 5.74) is 0.413. The molecule has 0 radical (unpaired) electrons. The Hall–Kier alpha value is -1.40. The van der Waals surface area contributed by atoms with E-state index in [1.807, 2.05) is 0 Å². The van der Waals surface area contributed by atoms with E-state index in [4.69, 9.17) is 10.2 Å². The van der Waals surface area contributed by atoms with Crippen LogP contribution in [0.5, 0.6) is 0 Å². The Balaban J connectivity index is 0.00000220. The van der Waals surface area contributed by atoms with E-state index in [9.17, 15) is 9.59 Å². The molecule has 0 aromatic heterocycles. The summed E-state index contributed by atoms with van der Waals surface area (Å²) in [5.74, 6) is -2.00. The number of hydrogen-bond donors (Lipinski definition) is 2. The van der Waals surface area contributed by atoms with Gasteiger partial charge < -0.3 is 10.2 Å². The van der Waals surface area contributed by atoms with Gasteiger partial charge in [0.05, 0.1) is 11.1 Å². The van der Waals surface area contributed by atoms with Crippen molar-refractivity contribution >= 4 is 33.5 Å². The molecule has 2 aromatic carbocycles. The first-order chi connectivity index (χ1) is 9.59. The van der Waals surface area contributed by atoms with Crippen LogP contribution >= 0.6 is 21.6 Å². The SMILES string of the molecule is O=C(O)c1ccccc1SSc1ccccc1C(=O)O.[Fe]. The zero-order valence-corrected chi connectivity index (χ0v) is 13.2. The Morgan fingerprint density at radius 1 is 0.714 bits per heavy atom. The van der Waals surface area contributed by atoms with Gasteiger partial charge in [-0.05, 0) is 24.3 Å². The van der Waals surface area contributed by atoms with Crippen LogP contribution in [0.1, 0.15) is 20.7 Å². The zero-order chi connectivity index (χ0) is 14.5. The van der Waals surface area contributed by atoms with E-state index >= 15 is 0 Å². The number of carboxylic acids is 2. The second kappa shape index (κ2) is 8.14. The second-order valence-electron chi connectivity index (χ2n) is 3.77. The largest absolute Gasteiger partial charge is 0.478 e. The summed E-state index contributed by atoms with van der Waals surface area (Å²) < 4.78 is 0. The Morgan fingerprint density at radius 3 is 1.38 bits per heavy atom. The molecule has 4 nitrogen and oxygen atoms in total. The molecule has 0 aliphatic rings. The number of benzene rings is 2. The molecule has 0 spiro atoms. The fourth-order valence-electron chi connectivity index (χ4n) is 1.52. The summed E-state index contributed by atoms with van der Waals surface area (Å²) in [6, 6.07) is 13.3. The smallest absolute Gasteiger partial charge is 0.336 e. The summed E-state index contributed by atoms with van der Waals surface area (Å²) in [4.78, 5) is 23.4. The van der Waals surface area contributed by atoms with E-state index in [1.165, 1.54) is 33.7 Å². The first kappa shape index (κ1) is 17.7. The minimum Gasteiger partial charge on any atom is -0.478 e. The molecule has 0 atom stereocenters. The van der Waals surface area contributed by atoms with Crippen molar-refractivity contribution in [2.45, 2.75) is 9.79 Å². The van der Waals surface area contributed by atoms with Crippen molar-refractivity contribution in [3.8, 4) is 0 Å². The van der Waals surface area contributed by atoms with Crippen molar-refractivity contribution in [2.24, 2.45) is 0 Å². The van der Waals surface area contributed by atoms with E-state index in [1.54, 1.807) is 36.4 Å². The van der Waals surface area contributed by atoms with Crippen molar-refractivity contribution in [1.29, 1.82) is 0 Å². The fourth-order valence-corrected chi connectivity index (χ4v) is 3.87. The summed E-state index contributed by atoms with van der Waals surface area (Å²) in [5, 5.41) is 18.2. The van der Waals surface area contributed by atoms with Crippen LogP contribution in [0.3, 0.4) is 0 Å². The molecule has 0 unspecified atom stereocenters. The van der Waals surface area contributed by atoms with Crippen molar-refractivity contribution < 1.29 is 36.9 Å². The molecule has 21 heavy (non-hydrogen) atoms. The van der Waals surface area contributed by atoms with Gasteiger partial charge in [-0.15, -0.1) is 0 Å². The van der Waals surface area contributed by atoms with Crippen molar-refractivity contribution in [2.75, 3.05) is 0 Å². The minimum absolute atomic E-state index is 0. The number of hydrogen-bond acceptors (Lipinski definition) is 4. The number of carbonyl (C=O) groups is 2. The van der Waals surface area contributed by atoms with Gasteiger partial charge in [-0.3, -0.25) is 0 Å². The van der Waals surface area contributed by atoms with Gasteiger partial charge >= 0.3 is 11.9 Å². The summed E-state index contributed by atoms with van der Waals surface area (Å²) in [6.07, 6.45) is 0. The molecule has 0 aliphatic carbocycles. The number of aromatic carboxylic acids is 2. The maximum absolute atomic E-state index is 11.1. The van der Waals surface area contributed by atoms with Crippen LogP contribution in [-0.2, 0) is 17.1 Å². The molecule has 0 amide bonds. The van der Waals surface area contributed by atoms with Gasteiger partial charge in [0.2, 0.25) is 0 Å². The van der Waals surface area contributed by atoms with Crippen LogP contribution in [0, 0.1) is 0 Å². The molecule has 2 aromatic rings. The van der Waals surface area contributed by atoms with E-state index < -0.39 is 11.9 Å². The van der Waals surface area contributed by atoms with Gasteiger partial charge in [-0.2, -0.15) is 0 Å². The average Bonchev–Trinajstić information content (AvgIpc) is 2.45. The fraction of sp³-hybridized carbons (Fsp3) is 0. The monoisotopic (exact) mass is 362 g/mol. The third-order valence-corrected chi connectivity index (χ3v) is 4.94. The van der Waals surface area contributed by atoms with Gasteiger partial charge in [0, 0.05) is 26.9 Å². The van der Waals surface area contributed by atoms with Crippen LogP contribution in [0.25, 0.3) is 0 Å². The standard InChI is InChI=1S/C14H10O4S2.Fe/c15-13(16)9-5-1-3-7-11(9)19-20-12-8-4-2-6-10(12)14(17)18;/h1-8H,(H,15,16)(H,17,18);. The van der Waals surface area contributed by atoms with Crippen LogP contribution in [0.2, 0.25) is 0 Å². The Kier molecular flexibility index (Phi) is 6.84. The Morgan fingerprint density at radius 2 is 1.05 bits per heavy atom. The molecule has 0 saturated heterocycles. The predicted molar refractivity (Wildman–Crippen MR) is 78.5 cm³/mol. The summed E-state index contributed by atoms with van der Waals surface area (Å²) in [6.45, 7) is 0. The quantitative estimate of drug-likeness (QED) is 0.621. The first-order valence-corrected chi connectivity index (χ1v) is 7.73. The van der Waals surface area contributed by atoms with Crippen molar-refractivity contribution in [1.82, 2.24) is 0 Å². The van der Waals surface area contributed by atoms with E-state index in [0.29, 0.717) is 9.79 Å². The van der Waals surface area contributed by atoms with Crippen molar-refractivity contribution in [3.63, 3.8) is 0 Å². The molecule has 110 valence electrons. The van der Waals surface area contributed by atoms with Gasteiger partial charge in [0.1, 0.15) is 0 Å². The molecular formula is C14H10FeO4S2. The molecule has 0 saturated carbocycles. The maximum Gasteiger partial charge on any atom is 0.336 e. The van der Waals surface area contributed by atoms with E-state index in [0.717, 1.165) is 0 Å². The molecule has 2 rings (SSSR count). The normalized spacial score (nSPS) is 9.71. The van der Waals surface area contributed by atoms with E-state index in [-0.39, 0.29) is 28.2 Å². The molecule has 2 N–H and O–H groups in total. The van der Waals surface area contributed by atoms with Crippen LogP contribution in [0.4, 0.5) is 0 Å². The number of rotatable bonds is 5. The molecule has 0 fully saturated rings. The molecule has 0 aliphatic heterocycles. The average molecular weight is 362 g/mol.